The molecule has 2 heterocycles. The van der Waals surface area contributed by atoms with Crippen LogP contribution in [0.3, 0.4) is 0 Å². The maximum atomic E-state index is 12.1. The van der Waals surface area contributed by atoms with E-state index in [-0.39, 0.29) is 17.7 Å². The van der Waals surface area contributed by atoms with Crippen molar-refractivity contribution in [2.24, 2.45) is 5.92 Å². The number of urea groups is 1. The molecular formula is C16H21N5O5. The van der Waals surface area contributed by atoms with Crippen LogP contribution in [-0.2, 0) is 4.79 Å². The largest absolute Gasteiger partial charge is 0.480 e. The van der Waals surface area contributed by atoms with Crippen molar-refractivity contribution in [2.45, 2.75) is 39.0 Å². The van der Waals surface area contributed by atoms with Crippen molar-refractivity contribution in [3.63, 3.8) is 0 Å². The van der Waals surface area contributed by atoms with Gasteiger partial charge in [-0.1, -0.05) is 13.8 Å². The number of nitrogens with one attached hydrogen (secondary N) is 2. The highest BCUT2D eigenvalue weighted by molar-refractivity contribution is 5.83. The van der Waals surface area contributed by atoms with Gasteiger partial charge in [0, 0.05) is 18.0 Å². The van der Waals surface area contributed by atoms with Gasteiger partial charge in [-0.2, -0.15) is 0 Å². The van der Waals surface area contributed by atoms with Gasteiger partial charge >= 0.3 is 12.0 Å². The molecule has 3 unspecified atom stereocenters. The number of rotatable bonds is 7. The molecule has 2 rings (SSSR count). The van der Waals surface area contributed by atoms with E-state index in [0.29, 0.717) is 5.56 Å². The molecule has 0 saturated carbocycles. The maximum absolute atomic E-state index is 12.1. The molecule has 0 aliphatic carbocycles. The zero-order chi connectivity index (χ0) is 19.3. The molecule has 0 spiro atoms. The number of pyridine rings is 1. The van der Waals surface area contributed by atoms with E-state index in [1.807, 2.05) is 13.8 Å². The minimum atomic E-state index is -1.43. The number of carboxylic acids is 1. The second-order valence-corrected chi connectivity index (χ2v) is 6.08. The van der Waals surface area contributed by atoms with Crippen molar-refractivity contribution in [3.05, 3.63) is 30.4 Å². The monoisotopic (exact) mass is 363 g/mol. The highest BCUT2D eigenvalue weighted by Crippen LogP contribution is 2.24. The van der Waals surface area contributed by atoms with Crippen molar-refractivity contribution in [1.82, 2.24) is 25.8 Å². The summed E-state index contributed by atoms with van der Waals surface area (Å²) in [6.45, 7) is 4.95. The molecule has 2 aromatic heterocycles. The van der Waals surface area contributed by atoms with Gasteiger partial charge in [-0.25, -0.2) is 9.59 Å². The zero-order valence-electron chi connectivity index (χ0n) is 14.6. The number of carbonyl (C=O) groups is 2. The predicted molar refractivity (Wildman–Crippen MR) is 89.9 cm³/mol. The van der Waals surface area contributed by atoms with E-state index in [0.717, 1.165) is 0 Å². The molecule has 0 aliphatic rings. The molecule has 0 radical (unpaired) electrons. The van der Waals surface area contributed by atoms with E-state index >= 15 is 0 Å². The number of aliphatic hydroxyl groups excluding tert-OH is 1. The number of aliphatic hydroxyl groups is 1. The number of aromatic nitrogens is 3. The van der Waals surface area contributed by atoms with Crippen LogP contribution in [0.4, 0.5) is 4.79 Å². The van der Waals surface area contributed by atoms with Gasteiger partial charge in [0.25, 0.3) is 0 Å². The highest BCUT2D eigenvalue weighted by atomic mass is 16.4. The van der Waals surface area contributed by atoms with Crippen LogP contribution >= 0.6 is 0 Å². The molecule has 4 N–H and O–H groups in total. The summed E-state index contributed by atoms with van der Waals surface area (Å²) < 4.78 is 5.64. The highest BCUT2D eigenvalue weighted by Gasteiger charge is 2.29. The maximum Gasteiger partial charge on any atom is 0.328 e. The van der Waals surface area contributed by atoms with Crippen LogP contribution in [0.1, 0.15) is 32.7 Å². The van der Waals surface area contributed by atoms with Gasteiger partial charge < -0.3 is 25.3 Å². The number of amides is 2. The first-order valence-corrected chi connectivity index (χ1v) is 8.01. The van der Waals surface area contributed by atoms with Crippen molar-refractivity contribution in [2.75, 3.05) is 0 Å². The Kier molecular flexibility index (Phi) is 6.23. The summed E-state index contributed by atoms with van der Waals surface area (Å²) in [7, 11) is 0. The van der Waals surface area contributed by atoms with E-state index in [9.17, 15) is 14.7 Å². The zero-order valence-corrected chi connectivity index (χ0v) is 14.6. The first-order valence-electron chi connectivity index (χ1n) is 8.01. The third-order valence-corrected chi connectivity index (χ3v) is 3.62. The second kappa shape index (κ2) is 8.39. The Hall–Kier alpha value is -3.01. The number of aliphatic carboxylic acids is 1. The lowest BCUT2D eigenvalue weighted by molar-refractivity contribution is -0.141. The topological polar surface area (TPSA) is 150 Å². The SMILES string of the molecule is CC(C)C(NC(=O)NC(C(=O)O)C(C)O)c1nnc(-c2ccncc2)o1. The van der Waals surface area contributed by atoms with Crippen LogP contribution < -0.4 is 10.6 Å². The summed E-state index contributed by atoms with van der Waals surface area (Å²) in [5, 5.41) is 31.2. The van der Waals surface area contributed by atoms with Crippen molar-refractivity contribution >= 4 is 12.0 Å². The normalized spacial score (nSPS) is 14.5. The van der Waals surface area contributed by atoms with E-state index in [4.69, 9.17) is 9.52 Å². The predicted octanol–water partition coefficient (Wildman–Crippen LogP) is 0.962. The van der Waals surface area contributed by atoms with Gasteiger partial charge in [0.15, 0.2) is 6.04 Å². The van der Waals surface area contributed by atoms with E-state index in [1.165, 1.54) is 6.92 Å². The average Bonchev–Trinajstić information content (AvgIpc) is 3.07. The van der Waals surface area contributed by atoms with E-state index < -0.39 is 30.2 Å². The van der Waals surface area contributed by atoms with Crippen molar-refractivity contribution in [3.8, 4) is 11.5 Å². The molecule has 140 valence electrons. The van der Waals surface area contributed by atoms with Crippen LogP contribution in [0.25, 0.3) is 11.5 Å². The van der Waals surface area contributed by atoms with Gasteiger partial charge in [0.2, 0.25) is 11.8 Å². The molecule has 3 atom stereocenters. The smallest absolute Gasteiger partial charge is 0.328 e. The Morgan fingerprint density at radius 2 is 1.77 bits per heavy atom. The average molecular weight is 363 g/mol. The second-order valence-electron chi connectivity index (χ2n) is 6.08. The van der Waals surface area contributed by atoms with Crippen LogP contribution in [0.2, 0.25) is 0 Å². The Morgan fingerprint density at radius 1 is 1.12 bits per heavy atom. The fraction of sp³-hybridized carbons (Fsp3) is 0.438. The summed E-state index contributed by atoms with van der Waals surface area (Å²) in [6.07, 6.45) is 1.93. The van der Waals surface area contributed by atoms with Gasteiger partial charge in [-0.05, 0) is 25.0 Å². The summed E-state index contributed by atoms with van der Waals surface area (Å²) in [5.41, 5.74) is 0.686. The molecule has 0 aromatic carbocycles. The number of hydrogen-bond donors (Lipinski definition) is 4. The van der Waals surface area contributed by atoms with Crippen molar-refractivity contribution in [1.29, 1.82) is 0 Å². The molecule has 0 fully saturated rings. The van der Waals surface area contributed by atoms with Crippen molar-refractivity contribution < 1.29 is 24.2 Å². The molecule has 0 saturated heterocycles. The third kappa shape index (κ3) is 4.76. The Balaban J connectivity index is 2.13. The van der Waals surface area contributed by atoms with E-state index in [2.05, 4.69) is 25.8 Å². The molecule has 26 heavy (non-hydrogen) atoms. The molecule has 10 nitrogen and oxygen atoms in total. The fourth-order valence-electron chi connectivity index (χ4n) is 2.20. The van der Waals surface area contributed by atoms with Crippen LogP contribution in [0.5, 0.6) is 0 Å². The minimum Gasteiger partial charge on any atom is -0.480 e. The summed E-state index contributed by atoms with van der Waals surface area (Å²) in [6, 6.07) is 0.587. The number of carbonyl (C=O) groups excluding carboxylic acids is 1. The Bertz CT molecular complexity index is 746. The van der Waals surface area contributed by atoms with Gasteiger partial charge in [0.1, 0.15) is 6.04 Å². The standard InChI is InChI=1S/C16H21N5O5/c1-8(2)11(18-16(25)19-12(9(3)22)15(23)24)14-21-20-13(26-14)10-4-6-17-7-5-10/h4-9,11-12,22H,1-3H3,(H,23,24)(H2,18,19,25). The quantitative estimate of drug-likeness (QED) is 0.568. The molecule has 2 aromatic rings. The third-order valence-electron chi connectivity index (χ3n) is 3.62. The molecule has 0 aliphatic heterocycles. The molecular weight excluding hydrogens is 342 g/mol. The minimum absolute atomic E-state index is 0.110. The Morgan fingerprint density at radius 3 is 2.31 bits per heavy atom. The lowest BCUT2D eigenvalue weighted by Crippen LogP contribution is -2.52. The lowest BCUT2D eigenvalue weighted by Gasteiger charge is -2.22. The molecule has 2 amide bonds. The lowest BCUT2D eigenvalue weighted by atomic mass is 10.0. The summed E-state index contributed by atoms with van der Waals surface area (Å²) >= 11 is 0. The number of nitrogens with zero attached hydrogens (tertiary/aromatic N) is 3. The van der Waals surface area contributed by atoms with Gasteiger partial charge in [-0.3, -0.25) is 4.98 Å². The summed E-state index contributed by atoms with van der Waals surface area (Å²) in [4.78, 5) is 27.1. The van der Waals surface area contributed by atoms with Gasteiger partial charge in [-0.15, -0.1) is 10.2 Å². The number of carboxylic acid groups (broad SMARTS) is 1. The molecule has 0 bridgehead atoms. The van der Waals surface area contributed by atoms with Gasteiger partial charge in [0.05, 0.1) is 6.10 Å². The van der Waals surface area contributed by atoms with Crippen LogP contribution in [0, 0.1) is 5.92 Å². The first-order chi connectivity index (χ1) is 12.3. The summed E-state index contributed by atoms with van der Waals surface area (Å²) in [5.74, 6) is -0.983. The number of hydrogen-bond acceptors (Lipinski definition) is 7. The van der Waals surface area contributed by atoms with E-state index in [1.54, 1.807) is 24.5 Å². The Labute approximate surface area is 149 Å². The fourth-order valence-corrected chi connectivity index (χ4v) is 2.20. The van der Waals surface area contributed by atoms with Crippen LogP contribution in [-0.4, -0.2) is 49.5 Å². The molecule has 10 heteroatoms. The van der Waals surface area contributed by atoms with Crippen LogP contribution in [0.15, 0.2) is 28.9 Å². The first kappa shape index (κ1) is 19.3.